The van der Waals surface area contributed by atoms with E-state index in [-0.39, 0.29) is 12.1 Å². The van der Waals surface area contributed by atoms with Crippen LogP contribution in [-0.2, 0) is 11.2 Å². The van der Waals surface area contributed by atoms with Crippen LogP contribution in [0.1, 0.15) is 15.9 Å². The van der Waals surface area contributed by atoms with Crippen molar-refractivity contribution in [2.45, 2.75) is 12.5 Å². The van der Waals surface area contributed by atoms with Gasteiger partial charge in [0.15, 0.2) is 0 Å². The van der Waals surface area contributed by atoms with Crippen LogP contribution < -0.4 is 15.8 Å². The van der Waals surface area contributed by atoms with Crippen molar-refractivity contribution in [2.75, 3.05) is 7.11 Å². The second-order valence-electron chi connectivity index (χ2n) is 6.41. The van der Waals surface area contributed by atoms with Gasteiger partial charge in [0.05, 0.1) is 12.0 Å². The van der Waals surface area contributed by atoms with Crippen molar-refractivity contribution < 1.29 is 19.2 Å². The molecule has 0 spiro atoms. The molecule has 3 N–H and O–H groups in total. The smallest absolute Gasteiger partial charge is 0.269 e. The number of amides is 2. The van der Waals surface area contributed by atoms with Gasteiger partial charge in [-0.1, -0.05) is 36.4 Å². The van der Waals surface area contributed by atoms with E-state index in [9.17, 15) is 19.7 Å². The summed E-state index contributed by atoms with van der Waals surface area (Å²) in [6.45, 7) is 0. The fourth-order valence-electron chi connectivity index (χ4n) is 3.14. The van der Waals surface area contributed by atoms with Gasteiger partial charge in [0.2, 0.25) is 5.91 Å². The van der Waals surface area contributed by atoms with Crippen molar-refractivity contribution in [3.63, 3.8) is 0 Å². The van der Waals surface area contributed by atoms with Gasteiger partial charge in [0, 0.05) is 29.7 Å². The van der Waals surface area contributed by atoms with Crippen molar-refractivity contribution >= 4 is 28.3 Å². The van der Waals surface area contributed by atoms with Crippen LogP contribution in [0.3, 0.4) is 0 Å². The molecule has 0 fully saturated rings. The van der Waals surface area contributed by atoms with Gasteiger partial charge >= 0.3 is 0 Å². The minimum Gasteiger partial charge on any atom is -0.496 e. The molecule has 148 valence electrons. The summed E-state index contributed by atoms with van der Waals surface area (Å²) in [7, 11) is 1.42. The summed E-state index contributed by atoms with van der Waals surface area (Å²) in [5.41, 5.74) is 6.13. The average molecular weight is 393 g/mol. The zero-order valence-electron chi connectivity index (χ0n) is 15.6. The minimum absolute atomic E-state index is 0.0449. The molecule has 8 heteroatoms. The Labute approximate surface area is 166 Å². The molecule has 8 nitrogen and oxygen atoms in total. The number of primary amides is 1. The Morgan fingerprint density at radius 2 is 1.86 bits per heavy atom. The summed E-state index contributed by atoms with van der Waals surface area (Å²) < 4.78 is 5.22. The fraction of sp³-hybridized carbons (Fsp3) is 0.143. The molecule has 3 aromatic carbocycles. The highest BCUT2D eigenvalue weighted by atomic mass is 16.6. The molecule has 1 atom stereocenters. The Hall–Kier alpha value is -3.94. The molecule has 0 saturated carbocycles. The summed E-state index contributed by atoms with van der Waals surface area (Å²) in [6.07, 6.45) is -0.0449. The third-order valence-electron chi connectivity index (χ3n) is 4.58. The first-order valence-corrected chi connectivity index (χ1v) is 8.80. The van der Waals surface area contributed by atoms with Crippen LogP contribution in [0.25, 0.3) is 10.8 Å². The number of nitrogens with two attached hydrogens (primary N) is 1. The molecule has 2 amide bonds. The second kappa shape index (κ2) is 8.39. The van der Waals surface area contributed by atoms with Gasteiger partial charge in [0.25, 0.3) is 11.6 Å². The largest absolute Gasteiger partial charge is 0.496 e. The second-order valence-corrected chi connectivity index (χ2v) is 6.41. The van der Waals surface area contributed by atoms with Gasteiger partial charge in [-0.05, 0) is 22.9 Å². The van der Waals surface area contributed by atoms with E-state index in [1.54, 1.807) is 12.1 Å². The molecule has 0 radical (unpaired) electrons. The molecule has 29 heavy (non-hydrogen) atoms. The van der Waals surface area contributed by atoms with Crippen LogP contribution in [0.4, 0.5) is 5.69 Å². The Balaban J connectivity index is 1.89. The first-order chi connectivity index (χ1) is 13.9. The average Bonchev–Trinajstić information content (AvgIpc) is 2.72. The molecule has 0 saturated heterocycles. The number of fused-ring (bicyclic) bond motifs is 1. The summed E-state index contributed by atoms with van der Waals surface area (Å²) in [5, 5.41) is 15.3. The van der Waals surface area contributed by atoms with Gasteiger partial charge in [-0.25, -0.2) is 0 Å². The summed E-state index contributed by atoms with van der Waals surface area (Å²) in [6, 6.07) is 15.6. The molecule has 0 aliphatic rings. The van der Waals surface area contributed by atoms with Crippen LogP contribution in [0, 0.1) is 10.1 Å². The lowest BCUT2D eigenvalue weighted by Crippen LogP contribution is -2.46. The van der Waals surface area contributed by atoms with Crippen LogP contribution in [0.2, 0.25) is 0 Å². The standard InChI is InChI=1S/C21H19N3O5/c1-29-19-10-9-15(24(27)28)11-14(19)12-18(20(22)25)23-21(26)17-8-4-6-13-5-2-3-7-16(13)17/h2-11,18H,12H2,1H3,(H2,22,25)(H,23,26)/t18-/m1/s1. The first-order valence-electron chi connectivity index (χ1n) is 8.80. The Morgan fingerprint density at radius 3 is 2.55 bits per heavy atom. The SMILES string of the molecule is COc1ccc([N+](=O)[O-])cc1C[C@@H](NC(=O)c1cccc2ccccc12)C(N)=O. The van der Waals surface area contributed by atoms with E-state index in [2.05, 4.69) is 5.32 Å². The highest BCUT2D eigenvalue weighted by Gasteiger charge is 2.23. The summed E-state index contributed by atoms with van der Waals surface area (Å²) in [4.78, 5) is 35.3. The van der Waals surface area contributed by atoms with Crippen LogP contribution in [-0.4, -0.2) is 29.9 Å². The lowest BCUT2D eigenvalue weighted by molar-refractivity contribution is -0.384. The van der Waals surface area contributed by atoms with E-state index in [1.807, 2.05) is 30.3 Å². The lowest BCUT2D eigenvalue weighted by atomic mass is 10.0. The number of rotatable bonds is 7. The van der Waals surface area contributed by atoms with Crippen LogP contribution >= 0.6 is 0 Å². The lowest BCUT2D eigenvalue weighted by Gasteiger charge is -2.18. The van der Waals surface area contributed by atoms with Crippen molar-refractivity contribution in [3.8, 4) is 5.75 Å². The molecule has 0 aliphatic heterocycles. The number of carbonyl (C=O) groups is 2. The van der Waals surface area contributed by atoms with Gasteiger partial charge in [-0.3, -0.25) is 19.7 Å². The number of carbonyl (C=O) groups excluding carboxylic acids is 2. The number of nitro groups is 1. The van der Waals surface area contributed by atoms with E-state index < -0.39 is 22.8 Å². The van der Waals surface area contributed by atoms with E-state index in [4.69, 9.17) is 10.5 Å². The number of nitrogens with zero attached hydrogens (tertiary/aromatic N) is 1. The molecule has 0 unspecified atom stereocenters. The van der Waals surface area contributed by atoms with E-state index >= 15 is 0 Å². The predicted molar refractivity (Wildman–Crippen MR) is 108 cm³/mol. The molecule has 0 heterocycles. The van der Waals surface area contributed by atoms with E-state index in [0.717, 1.165) is 10.8 Å². The fourth-order valence-corrected chi connectivity index (χ4v) is 3.14. The van der Waals surface area contributed by atoms with E-state index in [0.29, 0.717) is 16.9 Å². The van der Waals surface area contributed by atoms with Gasteiger partial charge < -0.3 is 15.8 Å². The summed E-state index contributed by atoms with van der Waals surface area (Å²) >= 11 is 0. The zero-order valence-corrected chi connectivity index (χ0v) is 15.6. The van der Waals surface area contributed by atoms with Crippen molar-refractivity contribution in [3.05, 3.63) is 81.9 Å². The highest BCUT2D eigenvalue weighted by Crippen LogP contribution is 2.25. The highest BCUT2D eigenvalue weighted by molar-refractivity contribution is 6.08. The number of nitrogens with one attached hydrogen (secondary N) is 1. The number of benzene rings is 3. The number of methoxy groups -OCH3 is 1. The molecule has 3 rings (SSSR count). The quantitative estimate of drug-likeness (QED) is 0.471. The van der Waals surface area contributed by atoms with E-state index in [1.165, 1.54) is 25.3 Å². The Kier molecular flexibility index (Phi) is 5.73. The van der Waals surface area contributed by atoms with Crippen LogP contribution in [0.15, 0.2) is 60.7 Å². The maximum Gasteiger partial charge on any atom is 0.269 e. The topological polar surface area (TPSA) is 125 Å². The number of hydrogen-bond donors (Lipinski definition) is 2. The first kappa shape index (κ1) is 19.8. The number of nitro benzene ring substituents is 1. The molecular formula is C21H19N3O5. The van der Waals surface area contributed by atoms with Crippen molar-refractivity contribution in [1.29, 1.82) is 0 Å². The van der Waals surface area contributed by atoms with Gasteiger partial charge in [0.1, 0.15) is 11.8 Å². The number of non-ortho nitro benzene ring substituents is 1. The third kappa shape index (κ3) is 4.32. The third-order valence-corrected chi connectivity index (χ3v) is 4.58. The maximum atomic E-state index is 12.8. The predicted octanol–water partition coefficient (Wildman–Crippen LogP) is 2.58. The van der Waals surface area contributed by atoms with Gasteiger partial charge in [-0.15, -0.1) is 0 Å². The number of ether oxygens (including phenoxy) is 1. The van der Waals surface area contributed by atoms with Crippen LogP contribution in [0.5, 0.6) is 5.75 Å². The normalized spacial score (nSPS) is 11.6. The maximum absolute atomic E-state index is 12.8. The monoisotopic (exact) mass is 393 g/mol. The molecule has 0 aliphatic carbocycles. The molecule has 3 aromatic rings. The Morgan fingerprint density at radius 1 is 1.14 bits per heavy atom. The minimum atomic E-state index is -1.07. The van der Waals surface area contributed by atoms with Crippen molar-refractivity contribution in [2.24, 2.45) is 5.73 Å². The number of hydrogen-bond acceptors (Lipinski definition) is 5. The molecule has 0 aromatic heterocycles. The van der Waals surface area contributed by atoms with Gasteiger partial charge in [-0.2, -0.15) is 0 Å². The Bertz CT molecular complexity index is 1090. The summed E-state index contributed by atoms with van der Waals surface area (Å²) in [5.74, 6) is -0.858. The zero-order chi connectivity index (χ0) is 21.0. The molecule has 0 bridgehead atoms. The van der Waals surface area contributed by atoms with Crippen molar-refractivity contribution in [1.82, 2.24) is 5.32 Å². The molecular weight excluding hydrogens is 374 g/mol.